The molecule has 1 atom stereocenters. The average molecular weight is 557 g/mol. The summed E-state index contributed by atoms with van der Waals surface area (Å²) in [6.07, 6.45) is 6.40. The van der Waals surface area contributed by atoms with Gasteiger partial charge in [-0.05, 0) is 95.8 Å². The van der Waals surface area contributed by atoms with E-state index in [1.807, 2.05) is 66.9 Å². The number of carbonyl (C=O) groups is 1. The first kappa shape index (κ1) is 27.7. The lowest BCUT2D eigenvalue weighted by Crippen LogP contribution is -2.28. The van der Waals surface area contributed by atoms with Crippen molar-refractivity contribution in [1.82, 2.24) is 5.32 Å². The van der Waals surface area contributed by atoms with Crippen LogP contribution in [0.2, 0.25) is 0 Å². The second kappa shape index (κ2) is 12.1. The maximum atomic E-state index is 13.4. The molecule has 0 unspecified atom stereocenters. The highest BCUT2D eigenvalue weighted by Crippen LogP contribution is 2.45. The Hall–Kier alpha value is -3.84. The molecule has 2 heterocycles. The zero-order chi connectivity index (χ0) is 28.1. The standard InChI is InChI=1S/C33H36N2O4S/c1-33(2,3)24-11-16-28-29(18-24)40-32(30(28)31(36)34-20-27-6-5-17-38-27)35-19-22-7-14-26(15-8-22)39-21-23-9-12-25(37-4)13-10-23/h5-10,12-15,17,19,24H,11,16,18,20-21H2,1-4H3,(H,34,36)/t24-/m0/s1. The number of thiophene rings is 1. The molecule has 4 aromatic rings. The fourth-order valence-corrected chi connectivity index (χ4v) is 6.25. The van der Waals surface area contributed by atoms with Gasteiger partial charge < -0.3 is 19.2 Å². The SMILES string of the molecule is COc1ccc(COc2ccc(C=Nc3sc4c(c3C(=O)NCc3ccco3)CC[C@H](C(C)(C)C)C4)cc2)cc1. The van der Waals surface area contributed by atoms with Gasteiger partial charge in [0.2, 0.25) is 0 Å². The van der Waals surface area contributed by atoms with Gasteiger partial charge in [0.1, 0.15) is 28.9 Å². The van der Waals surface area contributed by atoms with E-state index in [1.165, 1.54) is 4.88 Å². The number of carbonyl (C=O) groups excluding carboxylic acids is 1. The summed E-state index contributed by atoms with van der Waals surface area (Å²) in [4.78, 5) is 19.5. The highest BCUT2D eigenvalue weighted by atomic mass is 32.1. The number of aliphatic imine (C=N–C) groups is 1. The van der Waals surface area contributed by atoms with Crippen molar-refractivity contribution in [2.45, 2.75) is 53.2 Å². The van der Waals surface area contributed by atoms with Gasteiger partial charge in [-0.15, -0.1) is 11.3 Å². The minimum absolute atomic E-state index is 0.0995. The lowest BCUT2D eigenvalue weighted by molar-refractivity contribution is 0.0947. The lowest BCUT2D eigenvalue weighted by Gasteiger charge is -2.33. The van der Waals surface area contributed by atoms with Gasteiger partial charge in [-0.2, -0.15) is 0 Å². The number of amides is 1. The van der Waals surface area contributed by atoms with Gasteiger partial charge in [0.15, 0.2) is 0 Å². The van der Waals surface area contributed by atoms with Crippen LogP contribution in [0.25, 0.3) is 0 Å². The first-order valence-corrected chi connectivity index (χ1v) is 14.5. The van der Waals surface area contributed by atoms with Crippen LogP contribution in [0.1, 0.15) is 64.9 Å². The zero-order valence-electron chi connectivity index (χ0n) is 23.5. The number of furan rings is 1. The van der Waals surface area contributed by atoms with Gasteiger partial charge in [0.25, 0.3) is 5.91 Å². The van der Waals surface area contributed by atoms with Crippen molar-refractivity contribution in [2.24, 2.45) is 16.3 Å². The van der Waals surface area contributed by atoms with Crippen LogP contribution in [0.5, 0.6) is 11.5 Å². The number of methoxy groups -OCH3 is 1. The largest absolute Gasteiger partial charge is 0.497 e. The maximum absolute atomic E-state index is 13.4. The summed E-state index contributed by atoms with van der Waals surface area (Å²) in [6.45, 7) is 7.73. The van der Waals surface area contributed by atoms with Crippen LogP contribution >= 0.6 is 11.3 Å². The Morgan fingerprint density at radius 1 is 1.10 bits per heavy atom. The summed E-state index contributed by atoms with van der Waals surface area (Å²) in [5.74, 6) is 2.82. The summed E-state index contributed by atoms with van der Waals surface area (Å²) in [5.41, 5.74) is 4.09. The van der Waals surface area contributed by atoms with Crippen molar-refractivity contribution in [3.8, 4) is 11.5 Å². The Bertz CT molecular complexity index is 1450. The normalized spacial score (nSPS) is 15.2. The quantitative estimate of drug-likeness (QED) is 0.214. The first-order valence-electron chi connectivity index (χ1n) is 13.6. The van der Waals surface area contributed by atoms with E-state index in [2.05, 4.69) is 26.1 Å². The lowest BCUT2D eigenvalue weighted by atomic mass is 9.72. The van der Waals surface area contributed by atoms with Crippen LogP contribution in [0.4, 0.5) is 5.00 Å². The second-order valence-corrected chi connectivity index (χ2v) is 12.3. The zero-order valence-corrected chi connectivity index (χ0v) is 24.3. The molecule has 2 aromatic heterocycles. The number of nitrogens with one attached hydrogen (secondary N) is 1. The van der Waals surface area contributed by atoms with E-state index >= 15 is 0 Å². The summed E-state index contributed by atoms with van der Waals surface area (Å²) < 4.78 is 16.6. The van der Waals surface area contributed by atoms with Crippen LogP contribution in [-0.4, -0.2) is 19.2 Å². The van der Waals surface area contributed by atoms with E-state index in [4.69, 9.17) is 18.9 Å². The third-order valence-electron chi connectivity index (χ3n) is 7.48. The van der Waals surface area contributed by atoms with E-state index in [1.54, 1.807) is 24.7 Å². The Morgan fingerprint density at radius 2 is 1.85 bits per heavy atom. The molecular formula is C33H36N2O4S. The molecule has 0 aliphatic heterocycles. The number of benzene rings is 2. The van der Waals surface area contributed by atoms with Crippen LogP contribution in [0, 0.1) is 11.3 Å². The van der Waals surface area contributed by atoms with Gasteiger partial charge in [-0.3, -0.25) is 4.79 Å². The molecule has 208 valence electrons. The van der Waals surface area contributed by atoms with Crippen molar-refractivity contribution in [1.29, 1.82) is 0 Å². The number of ether oxygens (including phenoxy) is 2. The molecule has 0 saturated heterocycles. The first-order chi connectivity index (χ1) is 19.3. The Labute approximate surface area is 240 Å². The van der Waals surface area contributed by atoms with Gasteiger partial charge >= 0.3 is 0 Å². The van der Waals surface area contributed by atoms with Crippen LogP contribution < -0.4 is 14.8 Å². The molecule has 0 bridgehead atoms. The average Bonchev–Trinajstić information content (AvgIpc) is 3.61. The maximum Gasteiger partial charge on any atom is 0.255 e. The van der Waals surface area contributed by atoms with Gasteiger partial charge in [0.05, 0.1) is 25.5 Å². The third-order valence-corrected chi connectivity index (χ3v) is 8.64. The third kappa shape index (κ3) is 6.65. The Kier molecular flexibility index (Phi) is 8.40. The van der Waals surface area contributed by atoms with E-state index in [0.717, 1.165) is 58.2 Å². The second-order valence-electron chi connectivity index (χ2n) is 11.2. The van der Waals surface area contributed by atoms with Crippen molar-refractivity contribution >= 4 is 28.5 Å². The molecule has 0 spiro atoms. The molecule has 5 rings (SSSR count). The van der Waals surface area contributed by atoms with Crippen molar-refractivity contribution in [3.63, 3.8) is 0 Å². The molecule has 40 heavy (non-hydrogen) atoms. The van der Waals surface area contributed by atoms with Gasteiger partial charge in [0, 0.05) is 11.1 Å². The molecule has 2 aromatic carbocycles. The number of hydrogen-bond donors (Lipinski definition) is 1. The molecule has 1 aliphatic rings. The molecule has 6 nitrogen and oxygen atoms in total. The highest BCUT2D eigenvalue weighted by Gasteiger charge is 2.33. The molecule has 7 heteroatoms. The van der Waals surface area contributed by atoms with Crippen molar-refractivity contribution in [2.75, 3.05) is 7.11 Å². The van der Waals surface area contributed by atoms with E-state index in [9.17, 15) is 4.79 Å². The number of nitrogens with zero attached hydrogens (tertiary/aromatic N) is 1. The van der Waals surface area contributed by atoms with Crippen LogP contribution in [-0.2, 0) is 26.0 Å². The number of hydrogen-bond acceptors (Lipinski definition) is 6. The van der Waals surface area contributed by atoms with E-state index < -0.39 is 0 Å². The predicted octanol–water partition coefficient (Wildman–Crippen LogP) is 7.76. The van der Waals surface area contributed by atoms with Gasteiger partial charge in [-0.1, -0.05) is 32.9 Å². The predicted molar refractivity (Wildman–Crippen MR) is 160 cm³/mol. The molecule has 0 radical (unpaired) electrons. The minimum Gasteiger partial charge on any atom is -0.497 e. The van der Waals surface area contributed by atoms with Gasteiger partial charge in [-0.25, -0.2) is 4.99 Å². The molecule has 0 saturated carbocycles. The highest BCUT2D eigenvalue weighted by molar-refractivity contribution is 7.16. The molecule has 1 aliphatic carbocycles. The summed E-state index contributed by atoms with van der Waals surface area (Å²) in [6, 6.07) is 19.4. The van der Waals surface area contributed by atoms with E-state index in [0.29, 0.717) is 24.6 Å². The fraction of sp³-hybridized carbons (Fsp3) is 0.333. The fourth-order valence-electron chi connectivity index (χ4n) is 4.98. The molecular weight excluding hydrogens is 520 g/mol. The Balaban J connectivity index is 1.31. The molecule has 0 fully saturated rings. The van der Waals surface area contributed by atoms with Crippen molar-refractivity contribution in [3.05, 3.63) is 99.8 Å². The Morgan fingerprint density at radius 3 is 2.52 bits per heavy atom. The number of fused-ring (bicyclic) bond motifs is 1. The topological polar surface area (TPSA) is 73.1 Å². The monoisotopic (exact) mass is 556 g/mol. The van der Waals surface area contributed by atoms with Crippen LogP contribution in [0.15, 0.2) is 76.3 Å². The smallest absolute Gasteiger partial charge is 0.255 e. The summed E-state index contributed by atoms with van der Waals surface area (Å²) in [7, 11) is 1.66. The summed E-state index contributed by atoms with van der Waals surface area (Å²) in [5, 5.41) is 3.80. The molecule has 1 amide bonds. The van der Waals surface area contributed by atoms with E-state index in [-0.39, 0.29) is 11.3 Å². The molecule has 1 N–H and O–H groups in total. The number of rotatable bonds is 9. The minimum atomic E-state index is -0.0995. The summed E-state index contributed by atoms with van der Waals surface area (Å²) >= 11 is 1.65. The van der Waals surface area contributed by atoms with Crippen molar-refractivity contribution < 1.29 is 18.7 Å². The van der Waals surface area contributed by atoms with Crippen LogP contribution in [0.3, 0.4) is 0 Å².